The minimum atomic E-state index is -0.229. The molecule has 3 heterocycles. The summed E-state index contributed by atoms with van der Waals surface area (Å²) in [5, 5.41) is 4.09. The zero-order chi connectivity index (χ0) is 20.2. The lowest BCUT2D eigenvalue weighted by molar-refractivity contribution is -0.140. The molecule has 2 fully saturated rings. The number of pyridine rings is 1. The van der Waals surface area contributed by atoms with E-state index in [1.807, 2.05) is 18.2 Å². The Bertz CT molecular complexity index is 848. The Labute approximate surface area is 177 Å². The first-order valence-corrected chi connectivity index (χ1v) is 10.8. The van der Waals surface area contributed by atoms with E-state index in [1.54, 1.807) is 6.20 Å². The second kappa shape index (κ2) is 8.95. The minimum Gasteiger partial charge on any atom is -0.469 e. The third-order valence-electron chi connectivity index (χ3n) is 6.06. The summed E-state index contributed by atoms with van der Waals surface area (Å²) in [6.07, 6.45) is 13.0. The molecule has 154 valence electrons. The average Bonchev–Trinajstić information content (AvgIpc) is 3.38. The number of esters is 1. The van der Waals surface area contributed by atoms with Gasteiger partial charge in [0.1, 0.15) is 0 Å². The molecule has 0 spiro atoms. The highest BCUT2D eigenvalue weighted by Gasteiger charge is 2.40. The predicted octanol–water partition coefficient (Wildman–Crippen LogP) is 3.92. The summed E-state index contributed by atoms with van der Waals surface area (Å²) < 4.78 is 7.20. The number of methoxy groups -OCH3 is 1. The van der Waals surface area contributed by atoms with Crippen LogP contribution in [0.1, 0.15) is 67.9 Å². The van der Waals surface area contributed by atoms with Crippen LogP contribution >= 0.6 is 12.2 Å². The standard InChI is InChI=1S/C22H28N4O2S/c1-28-19(27)11-14-26-21(20(24-22(26)29)18-9-5-6-12-23-18)16-10-13-25(15-16)17-7-3-2-4-8-17/h5-6,9-10,12-13,15,17,20-21H,2-4,7-8,11,14H2,1H3,(H,24,29)/t20-,21-/m1/s1. The zero-order valence-electron chi connectivity index (χ0n) is 16.8. The van der Waals surface area contributed by atoms with Gasteiger partial charge in [0.2, 0.25) is 0 Å². The van der Waals surface area contributed by atoms with E-state index in [1.165, 1.54) is 44.8 Å². The number of nitrogens with zero attached hydrogens (tertiary/aromatic N) is 3. The van der Waals surface area contributed by atoms with Crippen molar-refractivity contribution in [2.75, 3.05) is 13.7 Å². The molecule has 2 aromatic rings. The number of thiocarbonyl (C=S) groups is 1. The van der Waals surface area contributed by atoms with E-state index in [0.717, 1.165) is 5.69 Å². The lowest BCUT2D eigenvalue weighted by Gasteiger charge is -2.27. The molecule has 0 amide bonds. The van der Waals surface area contributed by atoms with Gasteiger partial charge < -0.3 is 19.5 Å². The largest absolute Gasteiger partial charge is 0.469 e. The summed E-state index contributed by atoms with van der Waals surface area (Å²) >= 11 is 5.64. The van der Waals surface area contributed by atoms with Gasteiger partial charge in [-0.3, -0.25) is 9.78 Å². The number of nitrogens with one attached hydrogen (secondary N) is 1. The van der Waals surface area contributed by atoms with Gasteiger partial charge in [-0.1, -0.05) is 25.3 Å². The molecule has 0 unspecified atom stereocenters. The molecule has 2 aliphatic rings. The fourth-order valence-electron chi connectivity index (χ4n) is 4.54. The van der Waals surface area contributed by atoms with E-state index in [0.29, 0.717) is 24.1 Å². The number of carbonyl (C=O) groups excluding carboxylic acids is 1. The van der Waals surface area contributed by atoms with E-state index in [4.69, 9.17) is 17.0 Å². The fourth-order valence-corrected chi connectivity index (χ4v) is 4.87. The van der Waals surface area contributed by atoms with Crippen LogP contribution in [0.5, 0.6) is 0 Å². The van der Waals surface area contributed by atoms with Crippen LogP contribution in [0, 0.1) is 0 Å². The van der Waals surface area contributed by atoms with Gasteiger partial charge in [-0.2, -0.15) is 0 Å². The van der Waals surface area contributed by atoms with E-state index in [2.05, 4.69) is 38.2 Å². The highest BCUT2D eigenvalue weighted by Crippen LogP contribution is 2.39. The number of hydrogen-bond donors (Lipinski definition) is 1. The van der Waals surface area contributed by atoms with Gasteiger partial charge in [0.25, 0.3) is 0 Å². The topological polar surface area (TPSA) is 59.4 Å². The van der Waals surface area contributed by atoms with Gasteiger partial charge in [-0.15, -0.1) is 0 Å². The van der Waals surface area contributed by atoms with Crippen LogP contribution in [-0.4, -0.2) is 39.2 Å². The van der Waals surface area contributed by atoms with E-state index in [9.17, 15) is 4.79 Å². The average molecular weight is 413 g/mol. The Morgan fingerprint density at radius 3 is 2.83 bits per heavy atom. The van der Waals surface area contributed by atoms with Crippen molar-refractivity contribution in [3.63, 3.8) is 0 Å². The number of ether oxygens (including phenoxy) is 1. The van der Waals surface area contributed by atoms with Crippen LogP contribution in [0.2, 0.25) is 0 Å². The van der Waals surface area contributed by atoms with Crippen LogP contribution < -0.4 is 5.32 Å². The molecule has 6 nitrogen and oxygen atoms in total. The molecule has 0 aromatic carbocycles. The van der Waals surface area contributed by atoms with Gasteiger partial charge >= 0.3 is 5.97 Å². The maximum absolute atomic E-state index is 11.8. The van der Waals surface area contributed by atoms with E-state index < -0.39 is 0 Å². The number of aromatic nitrogens is 2. The Kier molecular flexibility index (Phi) is 6.13. The molecule has 4 rings (SSSR count). The Morgan fingerprint density at radius 2 is 2.10 bits per heavy atom. The predicted molar refractivity (Wildman–Crippen MR) is 115 cm³/mol. The van der Waals surface area contributed by atoms with Crippen LogP contribution in [-0.2, 0) is 9.53 Å². The van der Waals surface area contributed by atoms with Gasteiger partial charge in [0, 0.05) is 31.2 Å². The van der Waals surface area contributed by atoms with Crippen molar-refractivity contribution in [3.05, 3.63) is 54.1 Å². The molecule has 1 saturated heterocycles. The summed E-state index contributed by atoms with van der Waals surface area (Å²) in [4.78, 5) is 18.4. The molecule has 1 aliphatic heterocycles. The number of carbonyl (C=O) groups is 1. The summed E-state index contributed by atoms with van der Waals surface area (Å²) in [5.41, 5.74) is 2.15. The molecule has 1 N–H and O–H groups in total. The van der Waals surface area contributed by atoms with Crippen molar-refractivity contribution in [2.45, 2.75) is 56.7 Å². The van der Waals surface area contributed by atoms with Crippen molar-refractivity contribution in [2.24, 2.45) is 0 Å². The normalized spacial score (nSPS) is 22.5. The molecule has 1 aliphatic carbocycles. The number of hydrogen-bond acceptors (Lipinski definition) is 4. The van der Waals surface area contributed by atoms with Crippen molar-refractivity contribution in [1.82, 2.24) is 19.8 Å². The third kappa shape index (κ3) is 4.29. The summed E-state index contributed by atoms with van der Waals surface area (Å²) in [6, 6.07) is 8.64. The minimum absolute atomic E-state index is 0.00750. The first kappa shape index (κ1) is 19.9. The van der Waals surface area contributed by atoms with Gasteiger partial charge in [-0.25, -0.2) is 0 Å². The van der Waals surface area contributed by atoms with E-state index >= 15 is 0 Å². The maximum Gasteiger partial charge on any atom is 0.307 e. The SMILES string of the molecule is COC(=O)CCN1C(=S)N[C@H](c2ccccn2)[C@H]1c1ccn(C2CCCCC2)c1. The molecule has 0 bridgehead atoms. The molecule has 29 heavy (non-hydrogen) atoms. The summed E-state index contributed by atoms with van der Waals surface area (Å²) in [7, 11) is 1.42. The van der Waals surface area contributed by atoms with Crippen molar-refractivity contribution in [3.8, 4) is 0 Å². The molecule has 7 heteroatoms. The molecule has 0 radical (unpaired) electrons. The Morgan fingerprint density at radius 1 is 1.28 bits per heavy atom. The molecule has 2 aromatic heterocycles. The summed E-state index contributed by atoms with van der Waals surface area (Å²) in [5.74, 6) is -0.229. The Balaban J connectivity index is 1.63. The second-order valence-electron chi connectivity index (χ2n) is 7.83. The number of rotatable bonds is 6. The zero-order valence-corrected chi connectivity index (χ0v) is 17.6. The highest BCUT2D eigenvalue weighted by atomic mass is 32.1. The highest BCUT2D eigenvalue weighted by molar-refractivity contribution is 7.80. The third-order valence-corrected chi connectivity index (χ3v) is 6.41. The van der Waals surface area contributed by atoms with Crippen molar-refractivity contribution in [1.29, 1.82) is 0 Å². The lowest BCUT2D eigenvalue weighted by Crippen LogP contribution is -2.31. The first-order valence-electron chi connectivity index (χ1n) is 10.4. The Hall–Kier alpha value is -2.41. The maximum atomic E-state index is 11.8. The fraction of sp³-hybridized carbons (Fsp3) is 0.500. The van der Waals surface area contributed by atoms with Gasteiger partial charge in [0.05, 0.1) is 31.3 Å². The van der Waals surface area contributed by atoms with Gasteiger partial charge in [-0.05, 0) is 48.8 Å². The van der Waals surface area contributed by atoms with Crippen LogP contribution in [0.15, 0.2) is 42.9 Å². The second-order valence-corrected chi connectivity index (χ2v) is 8.22. The molecular weight excluding hydrogens is 384 g/mol. The van der Waals surface area contributed by atoms with Crippen molar-refractivity contribution >= 4 is 23.3 Å². The van der Waals surface area contributed by atoms with E-state index in [-0.39, 0.29) is 18.1 Å². The summed E-state index contributed by atoms with van der Waals surface area (Å²) in [6.45, 7) is 0.515. The lowest BCUT2D eigenvalue weighted by atomic mass is 9.95. The van der Waals surface area contributed by atoms with Crippen molar-refractivity contribution < 1.29 is 9.53 Å². The monoisotopic (exact) mass is 412 g/mol. The molecule has 2 atom stereocenters. The molecule has 1 saturated carbocycles. The quantitative estimate of drug-likeness (QED) is 0.573. The molecular formula is C22H28N4O2S. The van der Waals surface area contributed by atoms with Gasteiger partial charge in [0.15, 0.2) is 5.11 Å². The van der Waals surface area contributed by atoms with Crippen LogP contribution in [0.25, 0.3) is 0 Å². The first-order chi connectivity index (χ1) is 14.2. The smallest absolute Gasteiger partial charge is 0.307 e. The van der Waals surface area contributed by atoms with Crippen LogP contribution in [0.3, 0.4) is 0 Å². The van der Waals surface area contributed by atoms with Crippen LogP contribution in [0.4, 0.5) is 0 Å².